The van der Waals surface area contributed by atoms with E-state index >= 15 is 0 Å². The smallest absolute Gasteiger partial charge is 0.0897 e. The van der Waals surface area contributed by atoms with Crippen LogP contribution in [0, 0.1) is 11.8 Å². The molecular formula is C12H23NO3. The van der Waals surface area contributed by atoms with Gasteiger partial charge in [0.1, 0.15) is 0 Å². The average molecular weight is 229 g/mol. The molecule has 0 spiro atoms. The maximum Gasteiger partial charge on any atom is 0.0897 e. The van der Waals surface area contributed by atoms with Gasteiger partial charge in [-0.05, 0) is 37.5 Å². The maximum absolute atomic E-state index is 9.58. The van der Waals surface area contributed by atoms with E-state index in [2.05, 4.69) is 5.32 Å². The van der Waals surface area contributed by atoms with Crippen LogP contribution < -0.4 is 5.32 Å². The average Bonchev–Trinajstić information content (AvgIpc) is 3.11. The molecule has 3 N–H and O–H groups in total. The van der Waals surface area contributed by atoms with E-state index in [4.69, 9.17) is 4.74 Å². The third kappa shape index (κ3) is 4.78. The lowest BCUT2D eigenvalue weighted by Gasteiger charge is -2.14. The third-order valence-electron chi connectivity index (χ3n) is 3.26. The molecule has 2 fully saturated rings. The number of aliphatic hydroxyl groups is 2. The van der Waals surface area contributed by atoms with Crippen molar-refractivity contribution in [3.63, 3.8) is 0 Å². The van der Waals surface area contributed by atoms with Gasteiger partial charge in [-0.2, -0.15) is 0 Å². The van der Waals surface area contributed by atoms with E-state index in [1.165, 1.54) is 12.8 Å². The van der Waals surface area contributed by atoms with Crippen molar-refractivity contribution in [3.8, 4) is 0 Å². The van der Waals surface area contributed by atoms with Gasteiger partial charge < -0.3 is 20.3 Å². The van der Waals surface area contributed by atoms with E-state index in [1.54, 1.807) is 0 Å². The van der Waals surface area contributed by atoms with Gasteiger partial charge in [-0.1, -0.05) is 0 Å². The summed E-state index contributed by atoms with van der Waals surface area (Å²) in [5.74, 6) is 1.24. The number of hydrogen-bond donors (Lipinski definition) is 3. The van der Waals surface area contributed by atoms with Crippen LogP contribution in [0.25, 0.3) is 0 Å². The second kappa shape index (κ2) is 5.96. The fraction of sp³-hybridized carbons (Fsp3) is 1.00. The van der Waals surface area contributed by atoms with Crippen LogP contribution >= 0.6 is 0 Å². The largest absolute Gasteiger partial charge is 0.392 e. The monoisotopic (exact) mass is 229 g/mol. The fourth-order valence-electron chi connectivity index (χ4n) is 1.76. The number of aliphatic hydroxyl groups excluding tert-OH is 2. The topological polar surface area (TPSA) is 61.7 Å². The van der Waals surface area contributed by atoms with Gasteiger partial charge in [-0.15, -0.1) is 0 Å². The maximum atomic E-state index is 9.58. The van der Waals surface area contributed by atoms with Gasteiger partial charge in [0.05, 0.1) is 18.8 Å². The number of hydrogen-bond acceptors (Lipinski definition) is 4. The third-order valence-corrected chi connectivity index (χ3v) is 3.26. The molecule has 2 unspecified atom stereocenters. The van der Waals surface area contributed by atoms with Crippen molar-refractivity contribution in [1.29, 1.82) is 0 Å². The Morgan fingerprint density at radius 2 is 1.88 bits per heavy atom. The van der Waals surface area contributed by atoms with E-state index in [0.717, 1.165) is 25.4 Å². The van der Waals surface area contributed by atoms with Crippen molar-refractivity contribution < 1.29 is 14.9 Å². The van der Waals surface area contributed by atoms with Crippen LogP contribution in [-0.4, -0.2) is 48.7 Å². The van der Waals surface area contributed by atoms with Crippen molar-refractivity contribution in [2.75, 3.05) is 26.3 Å². The van der Waals surface area contributed by atoms with E-state index < -0.39 is 6.10 Å². The summed E-state index contributed by atoms with van der Waals surface area (Å²) in [5.41, 5.74) is 0. The Hall–Kier alpha value is -0.160. The zero-order valence-corrected chi connectivity index (χ0v) is 9.77. The predicted octanol–water partition coefficient (Wildman–Crippen LogP) is 0.134. The highest BCUT2D eigenvalue weighted by Gasteiger charge is 2.29. The number of nitrogens with one attached hydrogen (secondary N) is 1. The molecule has 0 amide bonds. The van der Waals surface area contributed by atoms with E-state index in [1.807, 2.05) is 0 Å². The van der Waals surface area contributed by atoms with Gasteiger partial charge in [0.2, 0.25) is 0 Å². The quantitative estimate of drug-likeness (QED) is 0.526. The van der Waals surface area contributed by atoms with Crippen LogP contribution in [0.2, 0.25) is 0 Å². The molecule has 4 nitrogen and oxygen atoms in total. The number of rotatable bonds is 9. The summed E-state index contributed by atoms with van der Waals surface area (Å²) < 4.78 is 5.38. The molecule has 0 radical (unpaired) electrons. The second-order valence-corrected chi connectivity index (χ2v) is 5.20. The highest BCUT2D eigenvalue weighted by Crippen LogP contribution is 2.32. The van der Waals surface area contributed by atoms with E-state index in [0.29, 0.717) is 25.6 Å². The van der Waals surface area contributed by atoms with Gasteiger partial charge in [0.15, 0.2) is 0 Å². The molecule has 0 heterocycles. The summed E-state index contributed by atoms with van der Waals surface area (Å²) in [6, 6.07) is 0. The lowest BCUT2D eigenvalue weighted by atomic mass is 10.2. The minimum Gasteiger partial charge on any atom is -0.392 e. The van der Waals surface area contributed by atoms with Crippen LogP contribution in [0.5, 0.6) is 0 Å². The lowest BCUT2D eigenvalue weighted by Crippen LogP contribution is -2.36. The first kappa shape index (κ1) is 12.3. The van der Waals surface area contributed by atoms with Crippen molar-refractivity contribution in [1.82, 2.24) is 5.32 Å². The Bertz CT molecular complexity index is 204. The second-order valence-electron chi connectivity index (χ2n) is 5.20. The molecule has 2 rings (SSSR count). The van der Waals surface area contributed by atoms with Crippen LogP contribution in [0.15, 0.2) is 0 Å². The first-order valence-corrected chi connectivity index (χ1v) is 6.40. The Labute approximate surface area is 97.0 Å². The molecule has 16 heavy (non-hydrogen) atoms. The zero-order valence-electron chi connectivity index (χ0n) is 9.77. The molecule has 0 bridgehead atoms. The van der Waals surface area contributed by atoms with Gasteiger partial charge in [0, 0.05) is 19.7 Å². The van der Waals surface area contributed by atoms with E-state index in [9.17, 15) is 10.2 Å². The summed E-state index contributed by atoms with van der Waals surface area (Å²) in [6.07, 6.45) is 4.17. The molecule has 2 aliphatic carbocycles. The molecule has 0 aromatic carbocycles. The van der Waals surface area contributed by atoms with Crippen molar-refractivity contribution >= 4 is 0 Å². The minimum absolute atomic E-state index is 0.236. The first-order valence-electron chi connectivity index (χ1n) is 6.40. The normalized spacial score (nSPS) is 24.4. The summed E-state index contributed by atoms with van der Waals surface area (Å²) in [4.78, 5) is 0. The zero-order chi connectivity index (χ0) is 11.4. The van der Waals surface area contributed by atoms with Crippen LogP contribution in [0.3, 0.4) is 0 Å². The van der Waals surface area contributed by atoms with Gasteiger partial charge in [0.25, 0.3) is 0 Å². The highest BCUT2D eigenvalue weighted by atomic mass is 16.5. The molecule has 0 saturated heterocycles. The van der Waals surface area contributed by atoms with Crippen molar-refractivity contribution in [3.05, 3.63) is 0 Å². The SMILES string of the molecule is OC(CNCC(O)C1CC1)COCC1CC1. The predicted molar refractivity (Wildman–Crippen MR) is 61.2 cm³/mol. The van der Waals surface area contributed by atoms with Gasteiger partial charge in [-0.3, -0.25) is 0 Å². The summed E-state index contributed by atoms with van der Waals surface area (Å²) in [5, 5.41) is 22.2. The molecule has 2 aliphatic rings. The van der Waals surface area contributed by atoms with Gasteiger partial charge >= 0.3 is 0 Å². The van der Waals surface area contributed by atoms with Crippen LogP contribution in [-0.2, 0) is 4.74 Å². The molecule has 0 aromatic heterocycles. The molecular weight excluding hydrogens is 206 g/mol. The number of ether oxygens (including phenoxy) is 1. The first-order chi connectivity index (χ1) is 7.75. The summed E-state index contributed by atoms with van der Waals surface area (Å²) in [6.45, 7) is 2.30. The van der Waals surface area contributed by atoms with Gasteiger partial charge in [-0.25, -0.2) is 0 Å². The Morgan fingerprint density at radius 1 is 1.12 bits per heavy atom. The Balaban J connectivity index is 1.41. The van der Waals surface area contributed by atoms with Crippen molar-refractivity contribution in [2.24, 2.45) is 11.8 Å². The van der Waals surface area contributed by atoms with Crippen LogP contribution in [0.4, 0.5) is 0 Å². The molecule has 0 aliphatic heterocycles. The summed E-state index contributed by atoms with van der Waals surface area (Å²) >= 11 is 0. The molecule has 94 valence electrons. The highest BCUT2D eigenvalue weighted by molar-refractivity contribution is 4.82. The molecule has 2 atom stereocenters. The van der Waals surface area contributed by atoms with Crippen LogP contribution in [0.1, 0.15) is 25.7 Å². The lowest BCUT2D eigenvalue weighted by molar-refractivity contribution is 0.0305. The minimum atomic E-state index is -0.454. The molecule has 0 aromatic rings. The summed E-state index contributed by atoms with van der Waals surface area (Å²) in [7, 11) is 0. The van der Waals surface area contributed by atoms with Crippen molar-refractivity contribution in [2.45, 2.75) is 37.9 Å². The van der Waals surface area contributed by atoms with E-state index in [-0.39, 0.29) is 6.10 Å². The molecule has 4 heteroatoms. The Morgan fingerprint density at radius 3 is 2.50 bits per heavy atom. The fourth-order valence-corrected chi connectivity index (χ4v) is 1.76. The standard InChI is InChI=1S/C12H23NO3/c14-11(8-16-7-9-1-2-9)5-13-6-12(15)10-3-4-10/h9-15H,1-8H2. The molecule has 2 saturated carbocycles. The Kier molecular flexibility index (Phi) is 4.58.